The van der Waals surface area contributed by atoms with Gasteiger partial charge in [0.05, 0.1) is 29.2 Å². The zero-order valence-corrected chi connectivity index (χ0v) is 25.5. The van der Waals surface area contributed by atoms with Crippen LogP contribution in [-0.4, -0.2) is 80.9 Å². The van der Waals surface area contributed by atoms with E-state index in [0.29, 0.717) is 23.8 Å². The quantitative estimate of drug-likeness (QED) is 0.360. The Balaban J connectivity index is 1.86. The van der Waals surface area contributed by atoms with Crippen LogP contribution >= 0.6 is 23.4 Å². The molecule has 218 valence electrons. The molecule has 0 saturated carbocycles. The molecule has 2 bridgehead atoms. The SMILES string of the molecule is C=CCN(CCC)C(=O)[C@@H]1[C@@H]2CC(C)C3(S2)C(C(=O)N(CC=C)c2ccc(Cl)cc2)N([C@@H](CO)C(C)C)C(=O)[C@H]13. The van der Waals surface area contributed by atoms with Crippen LogP contribution in [0.3, 0.4) is 0 Å². The number of rotatable bonds is 12. The van der Waals surface area contributed by atoms with E-state index in [9.17, 15) is 19.5 Å². The lowest BCUT2D eigenvalue weighted by atomic mass is 9.65. The molecule has 7 nitrogen and oxygen atoms in total. The van der Waals surface area contributed by atoms with Crippen molar-refractivity contribution in [1.29, 1.82) is 0 Å². The first kappa shape index (κ1) is 30.7. The van der Waals surface area contributed by atoms with E-state index in [1.54, 1.807) is 62.9 Å². The van der Waals surface area contributed by atoms with E-state index in [1.165, 1.54) is 0 Å². The van der Waals surface area contributed by atoms with Gasteiger partial charge in [-0.15, -0.1) is 24.9 Å². The summed E-state index contributed by atoms with van der Waals surface area (Å²) < 4.78 is -0.778. The highest BCUT2D eigenvalue weighted by Gasteiger charge is 2.77. The fraction of sp³-hybridized carbons (Fsp3) is 0.581. The molecule has 1 aromatic carbocycles. The molecule has 1 aromatic rings. The molecular formula is C31H42ClN3O4S. The molecular weight excluding hydrogens is 546 g/mol. The van der Waals surface area contributed by atoms with Crippen LogP contribution in [0.1, 0.15) is 40.5 Å². The number of aliphatic hydroxyl groups excluding tert-OH is 1. The molecule has 3 fully saturated rings. The number of carbonyl (C=O) groups excluding carboxylic acids is 3. The van der Waals surface area contributed by atoms with Crippen molar-refractivity contribution in [2.45, 2.75) is 62.6 Å². The van der Waals surface area contributed by atoms with Gasteiger partial charge in [-0.25, -0.2) is 0 Å². The summed E-state index contributed by atoms with van der Waals surface area (Å²) in [6.07, 6.45) is 4.95. The van der Waals surface area contributed by atoms with Crippen LogP contribution in [0.2, 0.25) is 5.02 Å². The highest BCUT2D eigenvalue weighted by Crippen LogP contribution is 2.69. The van der Waals surface area contributed by atoms with Crippen molar-refractivity contribution in [3.8, 4) is 0 Å². The van der Waals surface area contributed by atoms with E-state index in [0.717, 1.165) is 12.8 Å². The van der Waals surface area contributed by atoms with Gasteiger partial charge >= 0.3 is 0 Å². The van der Waals surface area contributed by atoms with Gasteiger partial charge in [0.25, 0.3) is 5.91 Å². The standard InChI is InChI=1S/C31H42ClN3O4S/c1-7-14-33(15-8-2)28(37)25-24-17-20(6)31(40-24)26(25)29(38)35(23(18-36)19(4)5)27(31)30(39)34(16-9-3)22-12-10-21(32)11-13-22/h7,9-13,19-20,23-27,36H,1,3,8,14-18H2,2,4-6H3/t20?,23-,24-,25+,26-,27?,31?/m0/s1. The number of hydrogen-bond acceptors (Lipinski definition) is 5. The molecule has 40 heavy (non-hydrogen) atoms. The molecule has 3 aliphatic heterocycles. The van der Waals surface area contributed by atoms with E-state index in [1.807, 2.05) is 20.8 Å². The van der Waals surface area contributed by atoms with Crippen molar-refractivity contribution in [3.63, 3.8) is 0 Å². The summed E-state index contributed by atoms with van der Waals surface area (Å²) in [6.45, 7) is 16.7. The van der Waals surface area contributed by atoms with Gasteiger partial charge in [-0.05, 0) is 48.9 Å². The highest BCUT2D eigenvalue weighted by atomic mass is 35.5. The van der Waals surface area contributed by atoms with Crippen LogP contribution in [0.5, 0.6) is 0 Å². The summed E-state index contributed by atoms with van der Waals surface area (Å²) >= 11 is 7.80. The van der Waals surface area contributed by atoms with Crippen LogP contribution in [-0.2, 0) is 14.4 Å². The van der Waals surface area contributed by atoms with Crippen molar-refractivity contribution in [2.75, 3.05) is 31.1 Å². The molecule has 3 saturated heterocycles. The Labute approximate surface area is 247 Å². The average Bonchev–Trinajstić information content (AvgIpc) is 3.51. The maximum absolute atomic E-state index is 14.8. The number of aliphatic hydroxyl groups is 1. The van der Waals surface area contributed by atoms with Gasteiger partial charge in [-0.3, -0.25) is 14.4 Å². The summed E-state index contributed by atoms with van der Waals surface area (Å²) in [5.41, 5.74) is 0.657. The van der Waals surface area contributed by atoms with Gasteiger partial charge in [0.1, 0.15) is 6.04 Å². The van der Waals surface area contributed by atoms with Crippen molar-refractivity contribution in [1.82, 2.24) is 9.80 Å². The molecule has 3 heterocycles. The van der Waals surface area contributed by atoms with Gasteiger partial charge in [0.2, 0.25) is 11.8 Å². The first-order chi connectivity index (χ1) is 19.1. The minimum atomic E-state index is -0.831. The summed E-state index contributed by atoms with van der Waals surface area (Å²) in [5, 5.41) is 11.0. The van der Waals surface area contributed by atoms with Gasteiger partial charge in [-0.2, -0.15) is 0 Å². The molecule has 1 N–H and O–H groups in total. The number of halogens is 1. The fourth-order valence-electron chi connectivity index (χ4n) is 7.15. The largest absolute Gasteiger partial charge is 0.394 e. The zero-order valence-electron chi connectivity index (χ0n) is 24.0. The topological polar surface area (TPSA) is 81.2 Å². The second kappa shape index (κ2) is 12.3. The van der Waals surface area contributed by atoms with E-state index >= 15 is 0 Å². The van der Waals surface area contributed by atoms with E-state index in [2.05, 4.69) is 20.1 Å². The Bertz CT molecular complexity index is 1140. The number of benzene rings is 1. The molecule has 7 atom stereocenters. The highest BCUT2D eigenvalue weighted by molar-refractivity contribution is 8.02. The number of fused-ring (bicyclic) bond motifs is 1. The van der Waals surface area contributed by atoms with E-state index in [-0.39, 0.29) is 48.0 Å². The minimum absolute atomic E-state index is 0.0285. The zero-order chi connectivity index (χ0) is 29.4. The smallest absolute Gasteiger partial charge is 0.251 e. The Morgan fingerprint density at radius 1 is 1.20 bits per heavy atom. The number of likely N-dealkylation sites (tertiary alicyclic amines) is 1. The normalized spacial score (nSPS) is 29.4. The first-order valence-corrected chi connectivity index (χ1v) is 15.5. The molecule has 3 aliphatic rings. The number of amides is 3. The van der Waals surface area contributed by atoms with Gasteiger partial charge < -0.3 is 19.8 Å². The molecule has 0 aliphatic carbocycles. The Hall–Kier alpha value is -2.29. The lowest BCUT2D eigenvalue weighted by Crippen LogP contribution is -2.60. The molecule has 0 radical (unpaired) electrons. The molecule has 1 spiro atoms. The Morgan fingerprint density at radius 2 is 1.85 bits per heavy atom. The molecule has 0 aromatic heterocycles. The van der Waals surface area contributed by atoms with Crippen LogP contribution in [0.25, 0.3) is 0 Å². The fourth-order valence-corrected chi connectivity index (χ4v) is 9.67. The summed E-state index contributed by atoms with van der Waals surface area (Å²) in [5.74, 6) is -1.67. The second-order valence-corrected chi connectivity index (χ2v) is 13.6. The lowest BCUT2D eigenvalue weighted by molar-refractivity contribution is -0.146. The summed E-state index contributed by atoms with van der Waals surface area (Å²) in [6, 6.07) is 5.66. The molecule has 9 heteroatoms. The maximum atomic E-state index is 14.8. The molecule has 3 unspecified atom stereocenters. The number of thioether (sulfide) groups is 1. The molecule has 4 rings (SSSR count). The minimum Gasteiger partial charge on any atom is -0.394 e. The van der Waals surface area contributed by atoms with Crippen LogP contribution in [0.15, 0.2) is 49.6 Å². The monoisotopic (exact) mass is 587 g/mol. The third-order valence-electron chi connectivity index (χ3n) is 8.89. The number of nitrogens with zero attached hydrogens (tertiary/aromatic N) is 3. The van der Waals surface area contributed by atoms with Crippen molar-refractivity contribution in [2.24, 2.45) is 23.7 Å². The molecule has 3 amide bonds. The first-order valence-electron chi connectivity index (χ1n) is 14.3. The predicted octanol–water partition coefficient (Wildman–Crippen LogP) is 4.64. The average molecular weight is 588 g/mol. The second-order valence-electron chi connectivity index (χ2n) is 11.6. The van der Waals surface area contributed by atoms with Crippen molar-refractivity contribution < 1.29 is 19.5 Å². The Morgan fingerprint density at radius 3 is 2.40 bits per heavy atom. The summed E-state index contributed by atoms with van der Waals surface area (Å²) in [7, 11) is 0. The number of carbonyl (C=O) groups is 3. The van der Waals surface area contributed by atoms with Crippen LogP contribution < -0.4 is 4.90 Å². The Kier molecular flexibility index (Phi) is 9.42. The van der Waals surface area contributed by atoms with Crippen molar-refractivity contribution >= 4 is 46.8 Å². The third-order valence-corrected chi connectivity index (χ3v) is 11.2. The van der Waals surface area contributed by atoms with Crippen LogP contribution in [0, 0.1) is 23.7 Å². The van der Waals surface area contributed by atoms with Gasteiger partial charge in [0.15, 0.2) is 0 Å². The van der Waals surface area contributed by atoms with Gasteiger partial charge in [-0.1, -0.05) is 51.4 Å². The lowest BCUT2D eigenvalue weighted by Gasteiger charge is -2.43. The van der Waals surface area contributed by atoms with Crippen LogP contribution in [0.4, 0.5) is 5.69 Å². The number of anilines is 1. The maximum Gasteiger partial charge on any atom is 0.251 e. The third kappa shape index (κ3) is 4.90. The van der Waals surface area contributed by atoms with Crippen molar-refractivity contribution in [3.05, 3.63) is 54.6 Å². The van der Waals surface area contributed by atoms with E-state index in [4.69, 9.17) is 11.6 Å². The predicted molar refractivity (Wildman–Crippen MR) is 162 cm³/mol. The number of hydrogen-bond donors (Lipinski definition) is 1. The van der Waals surface area contributed by atoms with E-state index < -0.39 is 28.7 Å². The van der Waals surface area contributed by atoms with Gasteiger partial charge in [0, 0.05) is 35.6 Å². The summed E-state index contributed by atoms with van der Waals surface area (Å²) in [4.78, 5) is 48.5.